The summed E-state index contributed by atoms with van der Waals surface area (Å²) >= 11 is 5.45. The van der Waals surface area contributed by atoms with E-state index in [0.717, 1.165) is 69.9 Å². The molecule has 0 spiro atoms. The summed E-state index contributed by atoms with van der Waals surface area (Å²) in [6.07, 6.45) is 4.84. The molecule has 2 aliphatic heterocycles. The highest BCUT2D eigenvalue weighted by molar-refractivity contribution is 7.80. The van der Waals surface area contributed by atoms with Gasteiger partial charge in [0.1, 0.15) is 11.8 Å². The molecule has 0 aromatic heterocycles. The summed E-state index contributed by atoms with van der Waals surface area (Å²) in [5.74, 6) is 0.518. The second kappa shape index (κ2) is 11.3. The molecular formula is C23H34N4O3S. The second-order valence-corrected chi connectivity index (χ2v) is 8.62. The zero-order valence-electron chi connectivity index (χ0n) is 18.6. The molecule has 0 saturated carbocycles. The minimum Gasteiger partial charge on any atom is -0.497 e. The average Bonchev–Trinajstić information content (AvgIpc) is 2.83. The van der Waals surface area contributed by atoms with Crippen LogP contribution in [0.15, 0.2) is 24.3 Å². The number of carbonyl (C=O) groups is 2. The zero-order chi connectivity index (χ0) is 22.2. The van der Waals surface area contributed by atoms with Crippen LogP contribution >= 0.6 is 12.2 Å². The van der Waals surface area contributed by atoms with Crippen LogP contribution < -0.4 is 15.4 Å². The molecule has 31 heavy (non-hydrogen) atoms. The maximum absolute atomic E-state index is 13.4. The van der Waals surface area contributed by atoms with Crippen LogP contribution in [-0.4, -0.2) is 72.6 Å². The van der Waals surface area contributed by atoms with Gasteiger partial charge in [0.2, 0.25) is 5.91 Å². The number of benzene rings is 1. The van der Waals surface area contributed by atoms with Crippen molar-refractivity contribution >= 4 is 29.1 Å². The summed E-state index contributed by atoms with van der Waals surface area (Å²) in [4.78, 5) is 30.6. The van der Waals surface area contributed by atoms with Crippen molar-refractivity contribution in [2.75, 3.05) is 39.8 Å². The van der Waals surface area contributed by atoms with Crippen molar-refractivity contribution in [2.24, 2.45) is 5.92 Å². The van der Waals surface area contributed by atoms with Crippen molar-refractivity contribution in [3.63, 3.8) is 0 Å². The Morgan fingerprint density at radius 2 is 1.84 bits per heavy atom. The summed E-state index contributed by atoms with van der Waals surface area (Å²) in [7, 11) is 1.57. The van der Waals surface area contributed by atoms with Crippen LogP contribution in [-0.2, 0) is 4.79 Å². The Bertz CT molecular complexity index is 774. The molecule has 2 N–H and O–H groups in total. The lowest BCUT2D eigenvalue weighted by Crippen LogP contribution is -2.56. The molecule has 0 unspecified atom stereocenters. The maximum atomic E-state index is 13.4. The molecule has 2 fully saturated rings. The van der Waals surface area contributed by atoms with Gasteiger partial charge in [0.25, 0.3) is 5.91 Å². The van der Waals surface area contributed by atoms with E-state index in [0.29, 0.717) is 11.3 Å². The molecule has 0 aliphatic carbocycles. The third kappa shape index (κ3) is 6.09. The number of amides is 2. The second-order valence-electron chi connectivity index (χ2n) is 8.23. The van der Waals surface area contributed by atoms with Gasteiger partial charge in [-0.2, -0.15) is 0 Å². The minimum absolute atomic E-state index is 0.0451. The molecule has 1 aromatic carbocycles. The van der Waals surface area contributed by atoms with E-state index in [2.05, 4.69) is 15.5 Å². The first-order valence-electron chi connectivity index (χ1n) is 11.3. The lowest BCUT2D eigenvalue weighted by Gasteiger charge is -2.39. The topological polar surface area (TPSA) is 73.9 Å². The van der Waals surface area contributed by atoms with Crippen LogP contribution in [0, 0.1) is 5.92 Å². The Morgan fingerprint density at radius 1 is 1.13 bits per heavy atom. The van der Waals surface area contributed by atoms with Gasteiger partial charge in [-0.15, -0.1) is 0 Å². The summed E-state index contributed by atoms with van der Waals surface area (Å²) in [6, 6.07) is 6.52. The first kappa shape index (κ1) is 23.3. The molecule has 7 nitrogen and oxygen atoms in total. The molecule has 8 heteroatoms. The fraction of sp³-hybridized carbons (Fsp3) is 0.609. The van der Waals surface area contributed by atoms with Gasteiger partial charge >= 0.3 is 0 Å². The summed E-state index contributed by atoms with van der Waals surface area (Å²) in [5.41, 5.74) is 0.501. The fourth-order valence-corrected chi connectivity index (χ4v) is 4.71. The zero-order valence-corrected chi connectivity index (χ0v) is 19.4. The van der Waals surface area contributed by atoms with Gasteiger partial charge in [0.15, 0.2) is 5.11 Å². The number of likely N-dealkylation sites (tertiary alicyclic amines) is 2. The van der Waals surface area contributed by atoms with Gasteiger partial charge in [-0.3, -0.25) is 9.59 Å². The Hall–Kier alpha value is -2.35. The van der Waals surface area contributed by atoms with Gasteiger partial charge in [-0.05, 0) is 75.4 Å². The Kier molecular flexibility index (Phi) is 8.51. The van der Waals surface area contributed by atoms with Gasteiger partial charge in [0, 0.05) is 38.3 Å². The molecule has 2 aliphatic rings. The van der Waals surface area contributed by atoms with Crippen molar-refractivity contribution < 1.29 is 14.3 Å². The van der Waals surface area contributed by atoms with E-state index in [-0.39, 0.29) is 17.7 Å². The standard InChI is InChI=1S/C23H34N4O3S/c1-3-24-23(31)27-14-10-17(11-15-27)20(22(29)26-12-5-4-6-13-26)25-21(28)18-8-7-9-19(16-18)30-2/h7-9,16-17,20H,3-6,10-15H2,1-2H3,(H,24,31)(H,25,28)/t20-/m1/s1. The number of nitrogens with zero attached hydrogens (tertiary/aromatic N) is 2. The number of piperidine rings is 2. The van der Waals surface area contributed by atoms with Crippen molar-refractivity contribution in [3.05, 3.63) is 29.8 Å². The van der Waals surface area contributed by atoms with Crippen LogP contribution in [0.5, 0.6) is 5.75 Å². The summed E-state index contributed by atoms with van der Waals surface area (Å²) in [6.45, 7) is 5.94. The molecule has 1 aromatic rings. The molecule has 2 saturated heterocycles. The normalized spacial score (nSPS) is 18.3. The number of thiocarbonyl (C=S) groups is 1. The third-order valence-electron chi connectivity index (χ3n) is 6.18. The van der Waals surface area contributed by atoms with Crippen molar-refractivity contribution in [3.8, 4) is 5.75 Å². The predicted octanol–water partition coefficient (Wildman–Crippen LogP) is 2.41. The highest BCUT2D eigenvalue weighted by Crippen LogP contribution is 2.24. The predicted molar refractivity (Wildman–Crippen MR) is 125 cm³/mol. The lowest BCUT2D eigenvalue weighted by molar-refractivity contribution is -0.136. The number of carbonyl (C=O) groups excluding carboxylic acids is 2. The highest BCUT2D eigenvalue weighted by atomic mass is 32.1. The lowest BCUT2D eigenvalue weighted by atomic mass is 9.88. The summed E-state index contributed by atoms with van der Waals surface area (Å²) in [5, 5.41) is 7.03. The van der Waals surface area contributed by atoms with Crippen molar-refractivity contribution in [1.82, 2.24) is 20.4 Å². The Balaban J connectivity index is 1.72. The largest absolute Gasteiger partial charge is 0.497 e. The van der Waals surface area contributed by atoms with E-state index in [4.69, 9.17) is 17.0 Å². The monoisotopic (exact) mass is 446 g/mol. The molecular weight excluding hydrogens is 412 g/mol. The Morgan fingerprint density at radius 3 is 2.48 bits per heavy atom. The van der Waals surface area contributed by atoms with Crippen LogP contribution in [0.3, 0.4) is 0 Å². The van der Waals surface area contributed by atoms with E-state index < -0.39 is 6.04 Å². The van der Waals surface area contributed by atoms with E-state index in [1.165, 1.54) is 0 Å². The Labute approximate surface area is 190 Å². The third-order valence-corrected chi connectivity index (χ3v) is 6.58. The number of nitrogens with one attached hydrogen (secondary N) is 2. The average molecular weight is 447 g/mol. The van der Waals surface area contributed by atoms with E-state index >= 15 is 0 Å². The van der Waals surface area contributed by atoms with Gasteiger partial charge in [-0.25, -0.2) is 0 Å². The quantitative estimate of drug-likeness (QED) is 0.654. The van der Waals surface area contributed by atoms with E-state index in [1.807, 2.05) is 11.8 Å². The minimum atomic E-state index is -0.522. The molecule has 3 rings (SSSR count). The smallest absolute Gasteiger partial charge is 0.252 e. The van der Waals surface area contributed by atoms with E-state index in [1.54, 1.807) is 31.4 Å². The number of hydrogen-bond donors (Lipinski definition) is 2. The van der Waals surface area contributed by atoms with Crippen molar-refractivity contribution in [2.45, 2.75) is 45.1 Å². The number of hydrogen-bond acceptors (Lipinski definition) is 4. The molecule has 0 radical (unpaired) electrons. The molecule has 2 heterocycles. The van der Waals surface area contributed by atoms with Crippen LogP contribution in [0.2, 0.25) is 0 Å². The number of rotatable bonds is 6. The fourth-order valence-electron chi connectivity index (χ4n) is 4.38. The van der Waals surface area contributed by atoms with Crippen LogP contribution in [0.25, 0.3) is 0 Å². The maximum Gasteiger partial charge on any atom is 0.252 e. The van der Waals surface area contributed by atoms with Crippen LogP contribution in [0.1, 0.15) is 49.4 Å². The first-order valence-corrected chi connectivity index (χ1v) is 11.7. The van der Waals surface area contributed by atoms with Gasteiger partial charge in [-0.1, -0.05) is 6.07 Å². The first-order chi connectivity index (χ1) is 15.0. The number of methoxy groups -OCH3 is 1. The van der Waals surface area contributed by atoms with E-state index in [9.17, 15) is 9.59 Å². The van der Waals surface area contributed by atoms with Crippen molar-refractivity contribution in [1.29, 1.82) is 0 Å². The molecule has 170 valence electrons. The van der Waals surface area contributed by atoms with Gasteiger partial charge in [0.05, 0.1) is 7.11 Å². The highest BCUT2D eigenvalue weighted by Gasteiger charge is 2.36. The summed E-state index contributed by atoms with van der Waals surface area (Å²) < 4.78 is 5.24. The molecule has 2 amide bonds. The molecule has 0 bridgehead atoms. The number of ether oxygens (including phenoxy) is 1. The van der Waals surface area contributed by atoms with Gasteiger partial charge < -0.3 is 25.2 Å². The molecule has 1 atom stereocenters. The SMILES string of the molecule is CCNC(=S)N1CCC([C@@H](NC(=O)c2cccc(OC)c2)C(=O)N2CCCCC2)CC1. The van der Waals surface area contributed by atoms with Crippen LogP contribution in [0.4, 0.5) is 0 Å².